The molecule has 0 aliphatic heterocycles. The normalized spacial score (nSPS) is 12.9. The van der Waals surface area contributed by atoms with E-state index in [1.165, 1.54) is 25.3 Å². The molecule has 20 heavy (non-hydrogen) atoms. The number of ether oxygens (including phenoxy) is 1. The summed E-state index contributed by atoms with van der Waals surface area (Å²) in [7, 11) is -2.84. The number of methoxy groups -OCH3 is 1. The summed E-state index contributed by atoms with van der Waals surface area (Å²) in [6, 6.07) is 2.44. The Labute approximate surface area is 121 Å². The van der Waals surface area contributed by atoms with Crippen LogP contribution < -0.4 is 9.46 Å². The van der Waals surface area contributed by atoms with Crippen molar-refractivity contribution in [2.45, 2.75) is 17.4 Å². The Kier molecular flexibility index (Phi) is 5.75. The number of carboxylic acid groups (broad SMARTS) is 1. The largest absolute Gasteiger partial charge is 0.495 e. The van der Waals surface area contributed by atoms with Gasteiger partial charge in [-0.2, -0.15) is 4.72 Å². The summed E-state index contributed by atoms with van der Waals surface area (Å²) in [6.45, 7) is -0.461. The van der Waals surface area contributed by atoms with E-state index in [9.17, 15) is 13.2 Å². The molecular formula is C11H14ClNO6S. The van der Waals surface area contributed by atoms with E-state index in [1.807, 2.05) is 4.72 Å². The van der Waals surface area contributed by atoms with Gasteiger partial charge >= 0.3 is 5.97 Å². The quantitative estimate of drug-likeness (QED) is 0.672. The van der Waals surface area contributed by atoms with E-state index in [4.69, 9.17) is 26.6 Å². The molecule has 0 unspecified atom stereocenters. The van der Waals surface area contributed by atoms with E-state index < -0.39 is 28.6 Å². The van der Waals surface area contributed by atoms with Crippen LogP contribution in [0.5, 0.6) is 5.75 Å². The maximum Gasteiger partial charge on any atom is 0.321 e. The Hall–Kier alpha value is -1.35. The van der Waals surface area contributed by atoms with Gasteiger partial charge in [0.15, 0.2) is 0 Å². The summed E-state index contributed by atoms with van der Waals surface area (Å²) in [4.78, 5) is 10.7. The van der Waals surface area contributed by atoms with E-state index in [1.54, 1.807) is 0 Å². The monoisotopic (exact) mass is 323 g/mol. The molecule has 0 aliphatic carbocycles. The van der Waals surface area contributed by atoms with Gasteiger partial charge in [0.25, 0.3) is 0 Å². The standard InChI is InChI=1S/C11H14ClNO6S/c1-19-9-6-7(12)2-3-10(9)20(17,18)13-8(4-5-14)11(15)16/h2-3,6,8,13-14H,4-5H2,1H3,(H,15,16)/t8-/m1/s1. The van der Waals surface area contributed by atoms with Gasteiger partial charge in [0.1, 0.15) is 16.7 Å². The van der Waals surface area contributed by atoms with Crippen LogP contribution in [0.4, 0.5) is 0 Å². The maximum atomic E-state index is 12.1. The van der Waals surface area contributed by atoms with Crippen molar-refractivity contribution >= 4 is 27.6 Å². The molecule has 0 spiro atoms. The average molecular weight is 324 g/mol. The van der Waals surface area contributed by atoms with Crippen molar-refractivity contribution in [3.8, 4) is 5.75 Å². The molecule has 0 aliphatic rings. The fourth-order valence-electron chi connectivity index (χ4n) is 1.48. The summed E-state index contributed by atoms with van der Waals surface area (Å²) >= 11 is 5.73. The molecule has 0 saturated heterocycles. The number of benzene rings is 1. The molecule has 9 heteroatoms. The van der Waals surface area contributed by atoms with E-state index in [2.05, 4.69) is 0 Å². The SMILES string of the molecule is COc1cc(Cl)ccc1S(=O)(=O)N[C@H](CCO)C(=O)O. The molecule has 0 amide bonds. The van der Waals surface area contributed by atoms with Crippen LogP contribution in [0.25, 0.3) is 0 Å². The second-order valence-electron chi connectivity index (χ2n) is 3.82. The van der Waals surface area contributed by atoms with Gasteiger partial charge in [-0.05, 0) is 18.6 Å². The highest BCUT2D eigenvalue weighted by Gasteiger charge is 2.27. The number of aliphatic hydroxyl groups is 1. The van der Waals surface area contributed by atoms with Gasteiger partial charge in [-0.15, -0.1) is 0 Å². The van der Waals surface area contributed by atoms with Crippen LogP contribution in [-0.4, -0.2) is 44.4 Å². The van der Waals surface area contributed by atoms with E-state index >= 15 is 0 Å². The summed E-state index contributed by atoms with van der Waals surface area (Å²) < 4.78 is 31.2. The highest BCUT2D eigenvalue weighted by molar-refractivity contribution is 7.89. The lowest BCUT2D eigenvalue weighted by molar-refractivity contribution is -0.139. The number of halogens is 1. The summed E-state index contributed by atoms with van der Waals surface area (Å²) in [5, 5.41) is 17.9. The topological polar surface area (TPSA) is 113 Å². The van der Waals surface area contributed by atoms with Gasteiger partial charge in [-0.3, -0.25) is 4.79 Å². The zero-order valence-electron chi connectivity index (χ0n) is 10.5. The van der Waals surface area contributed by atoms with E-state index in [0.717, 1.165) is 0 Å². The summed E-state index contributed by atoms with van der Waals surface area (Å²) in [6.07, 6.45) is -0.246. The number of aliphatic carboxylic acids is 1. The minimum atomic E-state index is -4.11. The van der Waals surface area contributed by atoms with Crippen molar-refractivity contribution in [3.05, 3.63) is 23.2 Å². The molecule has 0 bridgehead atoms. The Morgan fingerprint density at radius 2 is 2.15 bits per heavy atom. The van der Waals surface area contributed by atoms with Crippen molar-refractivity contribution in [1.82, 2.24) is 4.72 Å². The maximum absolute atomic E-state index is 12.1. The lowest BCUT2D eigenvalue weighted by Crippen LogP contribution is -2.41. The molecule has 1 aromatic carbocycles. The van der Waals surface area contributed by atoms with E-state index in [-0.39, 0.29) is 22.1 Å². The van der Waals surface area contributed by atoms with Gasteiger partial charge in [0.2, 0.25) is 10.0 Å². The second-order valence-corrected chi connectivity index (χ2v) is 5.94. The van der Waals surface area contributed by atoms with Gasteiger partial charge in [-0.1, -0.05) is 11.6 Å². The summed E-state index contributed by atoms with van der Waals surface area (Å²) in [5.74, 6) is -1.38. The first-order chi connectivity index (χ1) is 9.31. The van der Waals surface area contributed by atoms with Gasteiger partial charge < -0.3 is 14.9 Å². The predicted molar refractivity (Wildman–Crippen MR) is 71.5 cm³/mol. The van der Waals surface area contributed by atoms with Crippen LogP contribution in [0.1, 0.15) is 6.42 Å². The molecule has 7 nitrogen and oxygen atoms in total. The Morgan fingerprint density at radius 1 is 1.50 bits per heavy atom. The second kappa shape index (κ2) is 6.89. The van der Waals surface area contributed by atoms with Crippen LogP contribution in [0.3, 0.4) is 0 Å². The molecule has 0 fully saturated rings. The van der Waals surface area contributed by atoms with Crippen molar-refractivity contribution in [3.63, 3.8) is 0 Å². The molecule has 3 N–H and O–H groups in total. The molecule has 0 saturated carbocycles. The number of carboxylic acids is 1. The number of sulfonamides is 1. The molecule has 0 aromatic heterocycles. The number of rotatable bonds is 7. The zero-order chi connectivity index (χ0) is 15.3. The first kappa shape index (κ1) is 16.7. The number of hydrogen-bond donors (Lipinski definition) is 3. The number of carbonyl (C=O) groups is 1. The van der Waals surface area contributed by atoms with Gasteiger partial charge in [0.05, 0.1) is 7.11 Å². The molecule has 1 atom stereocenters. The summed E-state index contributed by atoms with van der Waals surface area (Å²) in [5.41, 5.74) is 0. The van der Waals surface area contributed by atoms with Crippen LogP contribution in [-0.2, 0) is 14.8 Å². The van der Waals surface area contributed by atoms with Crippen LogP contribution in [0.2, 0.25) is 5.02 Å². The smallest absolute Gasteiger partial charge is 0.321 e. The molecular weight excluding hydrogens is 310 g/mol. The first-order valence-corrected chi connectivity index (χ1v) is 7.37. The lowest BCUT2D eigenvalue weighted by Gasteiger charge is -2.15. The first-order valence-electron chi connectivity index (χ1n) is 5.51. The Bertz CT molecular complexity index is 589. The number of hydrogen-bond acceptors (Lipinski definition) is 5. The molecule has 0 radical (unpaired) electrons. The van der Waals surface area contributed by atoms with Crippen molar-refractivity contribution < 1.29 is 28.2 Å². The molecule has 112 valence electrons. The zero-order valence-corrected chi connectivity index (χ0v) is 12.1. The fourth-order valence-corrected chi connectivity index (χ4v) is 3.01. The van der Waals surface area contributed by atoms with Crippen LogP contribution in [0.15, 0.2) is 23.1 Å². The van der Waals surface area contributed by atoms with Crippen molar-refractivity contribution in [2.24, 2.45) is 0 Å². The van der Waals surface area contributed by atoms with Crippen LogP contribution in [0, 0.1) is 0 Å². The third kappa shape index (κ3) is 4.07. The highest BCUT2D eigenvalue weighted by Crippen LogP contribution is 2.27. The predicted octanol–water partition coefficient (Wildman–Crippen LogP) is 0.463. The molecule has 0 heterocycles. The minimum absolute atomic E-state index is 0.00172. The number of nitrogens with one attached hydrogen (secondary N) is 1. The average Bonchev–Trinajstić information content (AvgIpc) is 2.37. The Balaban J connectivity index is 3.13. The van der Waals surface area contributed by atoms with Gasteiger partial charge in [0, 0.05) is 17.7 Å². The lowest BCUT2D eigenvalue weighted by atomic mass is 10.2. The minimum Gasteiger partial charge on any atom is -0.495 e. The van der Waals surface area contributed by atoms with Crippen LogP contribution >= 0.6 is 11.6 Å². The highest BCUT2D eigenvalue weighted by atomic mass is 35.5. The van der Waals surface area contributed by atoms with Crippen molar-refractivity contribution in [1.29, 1.82) is 0 Å². The molecule has 1 aromatic rings. The third-order valence-electron chi connectivity index (χ3n) is 2.43. The Morgan fingerprint density at radius 3 is 2.65 bits per heavy atom. The third-order valence-corrected chi connectivity index (χ3v) is 4.17. The molecule has 1 rings (SSSR count). The van der Waals surface area contributed by atoms with Crippen molar-refractivity contribution in [2.75, 3.05) is 13.7 Å². The fraction of sp³-hybridized carbons (Fsp3) is 0.364. The van der Waals surface area contributed by atoms with Gasteiger partial charge in [-0.25, -0.2) is 8.42 Å². The number of aliphatic hydroxyl groups excluding tert-OH is 1. The van der Waals surface area contributed by atoms with E-state index in [0.29, 0.717) is 0 Å².